The van der Waals surface area contributed by atoms with Crippen molar-refractivity contribution >= 4 is 69.7 Å². The number of aliphatic carboxylic acids is 2. The Balaban J connectivity index is 1.25. The molecule has 2 saturated heterocycles. The van der Waals surface area contributed by atoms with E-state index in [9.17, 15) is 28.7 Å². The smallest absolute Gasteiger partial charge is 0.313 e. The topological polar surface area (TPSA) is 241 Å². The van der Waals surface area contributed by atoms with Crippen LogP contribution in [0.4, 0.5) is 9.52 Å². The molecular formula is C22H21FN10O7S3. The van der Waals surface area contributed by atoms with Gasteiger partial charge in [-0.1, -0.05) is 16.9 Å². The fraction of sp³-hybridized carbons (Fsp3) is 0.364. The van der Waals surface area contributed by atoms with E-state index in [0.717, 1.165) is 35.4 Å². The maximum Gasteiger partial charge on any atom is 0.313 e. The molecule has 43 heavy (non-hydrogen) atoms. The fourth-order valence-electron chi connectivity index (χ4n) is 4.07. The van der Waals surface area contributed by atoms with Crippen molar-refractivity contribution in [1.29, 1.82) is 0 Å². The highest BCUT2D eigenvalue weighted by molar-refractivity contribution is 8.00. The Kier molecular flexibility index (Phi) is 8.73. The first-order chi connectivity index (χ1) is 20.6. The summed E-state index contributed by atoms with van der Waals surface area (Å²) in [4.78, 5) is 60.2. The van der Waals surface area contributed by atoms with Crippen LogP contribution in [-0.2, 0) is 25.7 Å². The minimum Gasteiger partial charge on any atom is -0.481 e. The van der Waals surface area contributed by atoms with Crippen LogP contribution in [0.25, 0.3) is 0 Å². The first-order valence-electron chi connectivity index (χ1n) is 12.2. The zero-order valence-corrected chi connectivity index (χ0v) is 24.1. The summed E-state index contributed by atoms with van der Waals surface area (Å²) in [6, 6.07) is 3.89. The van der Waals surface area contributed by atoms with Gasteiger partial charge in [0.2, 0.25) is 22.6 Å². The lowest BCUT2D eigenvalue weighted by atomic mass is 9.89. The van der Waals surface area contributed by atoms with Crippen LogP contribution < -0.4 is 15.9 Å². The summed E-state index contributed by atoms with van der Waals surface area (Å²) in [5.41, 5.74) is 3.92. The van der Waals surface area contributed by atoms with E-state index in [-0.39, 0.29) is 58.6 Å². The van der Waals surface area contributed by atoms with Crippen molar-refractivity contribution in [2.45, 2.75) is 29.5 Å². The predicted molar refractivity (Wildman–Crippen MR) is 149 cm³/mol. The van der Waals surface area contributed by atoms with Crippen molar-refractivity contribution in [2.75, 3.05) is 23.8 Å². The normalized spacial score (nSPS) is 21.6. The van der Waals surface area contributed by atoms with Crippen molar-refractivity contribution in [3.05, 3.63) is 35.9 Å². The number of aryl methyl sites for hydroxylation is 1. The van der Waals surface area contributed by atoms with E-state index in [4.69, 9.17) is 15.7 Å². The number of nitrogen functional groups attached to an aromatic ring is 1. The number of rotatable bonds is 12. The third kappa shape index (κ3) is 6.51. The number of aromatic nitrogens is 6. The minimum absolute atomic E-state index is 0.00471. The second kappa shape index (κ2) is 12.5. The van der Waals surface area contributed by atoms with Gasteiger partial charge in [-0.05, 0) is 34.7 Å². The molecule has 0 aliphatic carbocycles. The molecule has 2 aliphatic heterocycles. The number of anilines is 1. The van der Waals surface area contributed by atoms with E-state index in [1.54, 1.807) is 0 Å². The van der Waals surface area contributed by atoms with E-state index in [1.807, 2.05) is 0 Å². The average Bonchev–Trinajstić information content (AvgIpc) is 3.63. The number of oxime groups is 1. The molecule has 226 valence electrons. The molecule has 0 radical (unpaired) electrons. The second-order valence-corrected chi connectivity index (χ2v) is 12.1. The van der Waals surface area contributed by atoms with Crippen LogP contribution in [0.5, 0.6) is 5.75 Å². The van der Waals surface area contributed by atoms with Crippen LogP contribution in [0.1, 0.15) is 12.2 Å². The molecule has 1 aromatic carbocycles. The van der Waals surface area contributed by atoms with Gasteiger partial charge >= 0.3 is 11.9 Å². The quantitative estimate of drug-likeness (QED) is 0.0855. The third-order valence-electron chi connectivity index (χ3n) is 6.32. The van der Waals surface area contributed by atoms with Gasteiger partial charge in [-0.2, -0.15) is 9.36 Å². The Morgan fingerprint density at radius 1 is 1.28 bits per heavy atom. The maximum atomic E-state index is 13.2. The number of nitrogens with zero attached hydrogens (tertiary/aromatic N) is 8. The van der Waals surface area contributed by atoms with Gasteiger partial charge in [0.15, 0.2) is 10.9 Å². The molecule has 2 aliphatic rings. The minimum atomic E-state index is -1.36. The molecule has 2 amide bonds. The Morgan fingerprint density at radius 3 is 2.72 bits per heavy atom. The standard InChI is InChI=1S/C22H21FN10O7S3/c23-10-1-3-11(4-2-10)40-28-13(15-26-20(24)43-29-15)16(36)25-14-17(37)32-7-22(19(38)39,8-41-18(14)32)9-42-21-27-30-31-33(21)6-5-12(34)35/h1-4,14,18H,5-9H2,(H,25,36)(H,34,35)(H,38,39)(H2,24,26,29)/t14?,18-,22?/m1/s1. The molecule has 3 atom stereocenters. The number of tetrazole rings is 1. The lowest BCUT2D eigenvalue weighted by Crippen LogP contribution is -2.74. The Bertz CT molecular complexity index is 1590. The summed E-state index contributed by atoms with van der Waals surface area (Å²) in [6.07, 6.45) is -0.216. The highest BCUT2D eigenvalue weighted by atomic mass is 32.2. The number of benzene rings is 1. The van der Waals surface area contributed by atoms with E-state index in [1.165, 1.54) is 33.5 Å². The van der Waals surface area contributed by atoms with Gasteiger partial charge in [0, 0.05) is 29.6 Å². The Labute approximate surface area is 253 Å². The van der Waals surface area contributed by atoms with Gasteiger partial charge in [-0.15, -0.1) is 16.9 Å². The summed E-state index contributed by atoms with van der Waals surface area (Å²) in [5, 5.41) is 36.3. The summed E-state index contributed by atoms with van der Waals surface area (Å²) >= 11 is 3.05. The van der Waals surface area contributed by atoms with E-state index in [0.29, 0.717) is 0 Å². The number of β-lactam (4-membered cyclic amide) rings is 1. The number of nitrogens with one attached hydrogen (secondary N) is 1. The number of hydrogen-bond acceptors (Lipinski definition) is 15. The first-order valence-corrected chi connectivity index (χ1v) is 15.0. The van der Waals surface area contributed by atoms with Gasteiger partial charge in [-0.3, -0.25) is 19.2 Å². The van der Waals surface area contributed by atoms with Crippen molar-refractivity contribution in [2.24, 2.45) is 10.6 Å². The molecule has 0 bridgehead atoms. The van der Waals surface area contributed by atoms with E-state index >= 15 is 0 Å². The highest BCUT2D eigenvalue weighted by Gasteiger charge is 2.57. The van der Waals surface area contributed by atoms with Crippen molar-refractivity contribution < 1.29 is 38.6 Å². The molecule has 3 aromatic rings. The van der Waals surface area contributed by atoms with Gasteiger partial charge in [0.1, 0.15) is 22.6 Å². The molecule has 21 heteroatoms. The molecule has 5 rings (SSSR count). The van der Waals surface area contributed by atoms with Gasteiger partial charge in [0.05, 0.1) is 13.0 Å². The monoisotopic (exact) mass is 652 g/mol. The molecule has 2 unspecified atom stereocenters. The van der Waals surface area contributed by atoms with Crippen LogP contribution in [0.15, 0.2) is 34.6 Å². The molecule has 0 spiro atoms. The number of thioether (sulfide) groups is 2. The molecule has 2 fully saturated rings. The lowest BCUT2D eigenvalue weighted by Gasteiger charge is -2.53. The predicted octanol–water partition coefficient (Wildman–Crippen LogP) is -0.233. The number of amides is 2. The SMILES string of the molecule is Nc1nc(C(=NOc2ccc(F)cc2)C(=O)NC2C(=O)N3CC(CSc4nnnn4CCC(=O)O)(C(=O)O)CS[C@H]23)ns1. The number of carbonyl (C=O) groups is 4. The Hall–Kier alpha value is -4.37. The number of carboxylic acid groups (broad SMARTS) is 2. The number of halogens is 1. The number of carbonyl (C=O) groups excluding carboxylic acids is 2. The summed E-state index contributed by atoms with van der Waals surface area (Å²) < 4.78 is 18.5. The van der Waals surface area contributed by atoms with Crippen LogP contribution in [0, 0.1) is 11.2 Å². The van der Waals surface area contributed by atoms with Gasteiger partial charge in [0.25, 0.3) is 5.91 Å². The van der Waals surface area contributed by atoms with Crippen LogP contribution in [0.2, 0.25) is 0 Å². The maximum absolute atomic E-state index is 13.2. The molecule has 0 saturated carbocycles. The zero-order chi connectivity index (χ0) is 30.7. The van der Waals surface area contributed by atoms with Crippen LogP contribution in [-0.4, -0.2) is 104 Å². The molecule has 4 heterocycles. The largest absolute Gasteiger partial charge is 0.481 e. The molecular weight excluding hydrogens is 632 g/mol. The number of hydrogen-bond donors (Lipinski definition) is 4. The summed E-state index contributed by atoms with van der Waals surface area (Å²) in [7, 11) is 0. The molecule has 2 aromatic heterocycles. The Morgan fingerprint density at radius 2 is 2.05 bits per heavy atom. The zero-order valence-electron chi connectivity index (χ0n) is 21.7. The molecule has 5 N–H and O–H groups in total. The average molecular weight is 653 g/mol. The van der Waals surface area contributed by atoms with Crippen LogP contribution >= 0.6 is 35.1 Å². The van der Waals surface area contributed by atoms with Crippen molar-refractivity contribution in [3.63, 3.8) is 0 Å². The fourth-order valence-corrected chi connectivity index (χ4v) is 7.27. The van der Waals surface area contributed by atoms with Gasteiger partial charge < -0.3 is 31.0 Å². The van der Waals surface area contributed by atoms with Crippen molar-refractivity contribution in [1.82, 2.24) is 39.8 Å². The molecule has 17 nitrogen and oxygen atoms in total. The first kappa shape index (κ1) is 30.1. The number of nitrogens with two attached hydrogens (primary N) is 1. The number of fused-ring (bicyclic) bond motifs is 1. The second-order valence-electron chi connectivity index (χ2n) is 9.26. The van der Waals surface area contributed by atoms with Crippen LogP contribution in [0.3, 0.4) is 0 Å². The van der Waals surface area contributed by atoms with E-state index in [2.05, 4.69) is 35.4 Å². The van der Waals surface area contributed by atoms with Crippen molar-refractivity contribution in [3.8, 4) is 5.75 Å². The highest BCUT2D eigenvalue weighted by Crippen LogP contribution is 2.44. The number of carboxylic acids is 2. The summed E-state index contributed by atoms with van der Waals surface area (Å²) in [5.74, 6) is -3.91. The third-order valence-corrected chi connectivity index (χ3v) is 9.70. The van der Waals surface area contributed by atoms with Gasteiger partial charge in [-0.25, -0.2) is 9.07 Å². The van der Waals surface area contributed by atoms with E-state index < -0.39 is 46.4 Å². The lowest BCUT2D eigenvalue weighted by molar-refractivity contribution is -0.157. The summed E-state index contributed by atoms with van der Waals surface area (Å²) in [6.45, 7) is -0.121.